The molecule has 1 aliphatic heterocycles. The standard InChI is InChI=1S/C13H22N2O3/c1-3-5-10(13(17)18)15-12(16)11-8-9(4-2)6-7-14-11/h3,9-11,14H,1,4-8H2,2H3,(H,15,16)(H,17,18). The van der Waals surface area contributed by atoms with Crippen molar-refractivity contribution in [3.63, 3.8) is 0 Å². The highest BCUT2D eigenvalue weighted by Gasteiger charge is 2.28. The number of rotatable bonds is 6. The zero-order chi connectivity index (χ0) is 13.5. The summed E-state index contributed by atoms with van der Waals surface area (Å²) in [4.78, 5) is 22.9. The van der Waals surface area contributed by atoms with Crippen LogP contribution in [-0.4, -0.2) is 35.6 Å². The second-order valence-corrected chi connectivity index (χ2v) is 4.73. The third-order valence-corrected chi connectivity index (χ3v) is 3.42. The van der Waals surface area contributed by atoms with E-state index in [4.69, 9.17) is 5.11 Å². The van der Waals surface area contributed by atoms with Crippen molar-refractivity contribution in [1.29, 1.82) is 0 Å². The first-order chi connectivity index (χ1) is 8.58. The minimum Gasteiger partial charge on any atom is -0.480 e. The van der Waals surface area contributed by atoms with Crippen LogP contribution in [0.2, 0.25) is 0 Å². The summed E-state index contributed by atoms with van der Waals surface area (Å²) in [7, 11) is 0. The number of carbonyl (C=O) groups is 2. The Morgan fingerprint density at radius 2 is 2.33 bits per heavy atom. The zero-order valence-electron chi connectivity index (χ0n) is 10.8. The number of aliphatic carboxylic acids is 1. The lowest BCUT2D eigenvalue weighted by Crippen LogP contribution is -2.52. The summed E-state index contributed by atoms with van der Waals surface area (Å²) in [5.74, 6) is -0.696. The fraction of sp³-hybridized carbons (Fsp3) is 0.692. The summed E-state index contributed by atoms with van der Waals surface area (Å²) in [6.45, 7) is 6.43. The summed E-state index contributed by atoms with van der Waals surface area (Å²) in [5, 5.41) is 14.7. The van der Waals surface area contributed by atoms with E-state index in [9.17, 15) is 9.59 Å². The zero-order valence-corrected chi connectivity index (χ0v) is 10.8. The van der Waals surface area contributed by atoms with Crippen molar-refractivity contribution >= 4 is 11.9 Å². The van der Waals surface area contributed by atoms with Crippen molar-refractivity contribution in [2.75, 3.05) is 6.54 Å². The second kappa shape index (κ2) is 7.16. The number of amides is 1. The third kappa shape index (κ3) is 4.14. The van der Waals surface area contributed by atoms with Crippen molar-refractivity contribution in [3.8, 4) is 0 Å². The third-order valence-electron chi connectivity index (χ3n) is 3.42. The van der Waals surface area contributed by atoms with Crippen LogP contribution in [0.5, 0.6) is 0 Å². The molecule has 1 saturated heterocycles. The molecule has 18 heavy (non-hydrogen) atoms. The molecule has 0 radical (unpaired) electrons. The van der Waals surface area contributed by atoms with Crippen LogP contribution in [0.25, 0.3) is 0 Å². The van der Waals surface area contributed by atoms with Gasteiger partial charge in [0.1, 0.15) is 6.04 Å². The van der Waals surface area contributed by atoms with E-state index in [0.717, 1.165) is 25.8 Å². The van der Waals surface area contributed by atoms with E-state index < -0.39 is 12.0 Å². The smallest absolute Gasteiger partial charge is 0.326 e. The van der Waals surface area contributed by atoms with Gasteiger partial charge in [-0.2, -0.15) is 0 Å². The Labute approximate surface area is 108 Å². The van der Waals surface area contributed by atoms with Crippen molar-refractivity contribution in [2.24, 2.45) is 5.92 Å². The van der Waals surface area contributed by atoms with Crippen molar-refractivity contribution in [3.05, 3.63) is 12.7 Å². The molecule has 5 nitrogen and oxygen atoms in total. The first kappa shape index (κ1) is 14.7. The topological polar surface area (TPSA) is 78.4 Å². The first-order valence-corrected chi connectivity index (χ1v) is 6.45. The maximum Gasteiger partial charge on any atom is 0.326 e. The minimum atomic E-state index is -1.02. The lowest BCUT2D eigenvalue weighted by molar-refractivity contribution is -0.142. The number of nitrogens with one attached hydrogen (secondary N) is 2. The lowest BCUT2D eigenvalue weighted by atomic mass is 9.90. The van der Waals surface area contributed by atoms with Gasteiger partial charge >= 0.3 is 5.97 Å². The molecule has 0 aliphatic carbocycles. The molecule has 0 spiro atoms. The molecule has 1 amide bonds. The Morgan fingerprint density at radius 1 is 1.61 bits per heavy atom. The maximum atomic E-state index is 12.0. The summed E-state index contributed by atoms with van der Waals surface area (Å²) in [5.41, 5.74) is 0. The molecule has 0 bridgehead atoms. The largest absolute Gasteiger partial charge is 0.480 e. The van der Waals surface area contributed by atoms with Crippen molar-refractivity contribution < 1.29 is 14.7 Å². The Morgan fingerprint density at radius 3 is 2.89 bits per heavy atom. The second-order valence-electron chi connectivity index (χ2n) is 4.73. The highest BCUT2D eigenvalue weighted by Crippen LogP contribution is 2.19. The molecular formula is C13H22N2O3. The van der Waals surface area contributed by atoms with Crippen molar-refractivity contribution in [2.45, 2.75) is 44.7 Å². The Kier molecular flexibility index (Phi) is 5.85. The molecular weight excluding hydrogens is 232 g/mol. The summed E-state index contributed by atoms with van der Waals surface area (Å²) < 4.78 is 0. The molecule has 1 fully saturated rings. The molecule has 1 heterocycles. The number of carbonyl (C=O) groups excluding carboxylic acids is 1. The van der Waals surface area contributed by atoms with Crippen molar-refractivity contribution in [1.82, 2.24) is 10.6 Å². The highest BCUT2D eigenvalue weighted by molar-refractivity contribution is 5.87. The Bertz CT molecular complexity index is 317. The Balaban J connectivity index is 2.52. The van der Waals surface area contributed by atoms with E-state index in [1.54, 1.807) is 0 Å². The number of carboxylic acid groups (broad SMARTS) is 1. The molecule has 0 aromatic rings. The monoisotopic (exact) mass is 254 g/mol. The van der Waals surface area contributed by atoms with E-state index in [1.807, 2.05) is 0 Å². The normalized spacial score (nSPS) is 25.2. The van der Waals surface area contributed by atoms with Crippen LogP contribution in [-0.2, 0) is 9.59 Å². The van der Waals surface area contributed by atoms with E-state index in [-0.39, 0.29) is 18.4 Å². The lowest BCUT2D eigenvalue weighted by Gasteiger charge is -2.29. The molecule has 3 atom stereocenters. The minimum absolute atomic E-state index is 0.220. The van der Waals surface area contributed by atoms with Crippen LogP contribution >= 0.6 is 0 Å². The van der Waals surface area contributed by atoms with Gasteiger partial charge in [0.05, 0.1) is 6.04 Å². The highest BCUT2D eigenvalue weighted by atomic mass is 16.4. The number of hydrogen-bond donors (Lipinski definition) is 3. The summed E-state index contributed by atoms with van der Waals surface area (Å²) in [6.07, 6.45) is 4.66. The predicted octanol–water partition coefficient (Wildman–Crippen LogP) is 0.910. The van der Waals surface area contributed by atoms with Crippen LogP contribution < -0.4 is 10.6 Å². The van der Waals surface area contributed by atoms with Gasteiger partial charge in [-0.05, 0) is 31.7 Å². The van der Waals surface area contributed by atoms with Gasteiger partial charge in [0.25, 0.3) is 0 Å². The number of hydrogen-bond acceptors (Lipinski definition) is 3. The number of carboxylic acids is 1. The van der Waals surface area contributed by atoms with Crippen LogP contribution in [0, 0.1) is 5.92 Å². The summed E-state index contributed by atoms with van der Waals surface area (Å²) in [6, 6.07) is -1.14. The molecule has 3 N–H and O–H groups in total. The van der Waals surface area contributed by atoms with Gasteiger partial charge in [-0.25, -0.2) is 4.79 Å². The molecule has 1 rings (SSSR count). The molecule has 0 saturated carbocycles. The van der Waals surface area contributed by atoms with Gasteiger partial charge < -0.3 is 15.7 Å². The van der Waals surface area contributed by atoms with E-state index in [0.29, 0.717) is 5.92 Å². The van der Waals surface area contributed by atoms with E-state index in [1.165, 1.54) is 6.08 Å². The molecule has 0 aromatic carbocycles. The molecule has 3 unspecified atom stereocenters. The van der Waals surface area contributed by atoms with E-state index in [2.05, 4.69) is 24.1 Å². The van der Waals surface area contributed by atoms with Crippen LogP contribution in [0.4, 0.5) is 0 Å². The SMILES string of the molecule is C=CCC(NC(=O)C1CC(CC)CCN1)C(=O)O. The van der Waals surface area contributed by atoms with Crippen LogP contribution in [0.15, 0.2) is 12.7 Å². The summed E-state index contributed by atoms with van der Waals surface area (Å²) >= 11 is 0. The van der Waals surface area contributed by atoms with Gasteiger partial charge in [0, 0.05) is 0 Å². The van der Waals surface area contributed by atoms with E-state index >= 15 is 0 Å². The predicted molar refractivity (Wildman–Crippen MR) is 69.2 cm³/mol. The molecule has 0 aromatic heterocycles. The quantitative estimate of drug-likeness (QED) is 0.616. The Hall–Kier alpha value is -1.36. The molecule has 1 aliphatic rings. The fourth-order valence-electron chi connectivity index (χ4n) is 2.23. The van der Waals surface area contributed by atoms with Crippen LogP contribution in [0.1, 0.15) is 32.6 Å². The maximum absolute atomic E-state index is 12.0. The van der Waals surface area contributed by atoms with Gasteiger partial charge in [-0.1, -0.05) is 19.4 Å². The van der Waals surface area contributed by atoms with Gasteiger partial charge in [0.15, 0.2) is 0 Å². The first-order valence-electron chi connectivity index (χ1n) is 6.45. The van der Waals surface area contributed by atoms with Gasteiger partial charge in [-0.3, -0.25) is 4.79 Å². The van der Waals surface area contributed by atoms with Gasteiger partial charge in [0.2, 0.25) is 5.91 Å². The van der Waals surface area contributed by atoms with Gasteiger partial charge in [-0.15, -0.1) is 6.58 Å². The fourth-order valence-corrected chi connectivity index (χ4v) is 2.23. The molecule has 5 heteroatoms. The number of piperidine rings is 1. The average molecular weight is 254 g/mol. The van der Waals surface area contributed by atoms with Crippen LogP contribution in [0.3, 0.4) is 0 Å². The molecule has 102 valence electrons. The average Bonchev–Trinajstić information content (AvgIpc) is 2.38.